The Morgan fingerprint density at radius 3 is 2.80 bits per heavy atom. The first-order valence-electron chi connectivity index (χ1n) is 7.20. The molecule has 25 heavy (non-hydrogen) atoms. The van der Waals surface area contributed by atoms with Crippen LogP contribution in [0.5, 0.6) is 5.88 Å². The number of nitrogens with one attached hydrogen (secondary N) is 1. The molecule has 2 aromatic heterocycles. The number of aromatic nitrogens is 4. The Bertz CT molecular complexity index is 898. The SMILES string of the molecule is COc1cnc(C(=O)Nc2nn(Cc3ccccc3F)cc2Br)cn1. The van der Waals surface area contributed by atoms with Gasteiger partial charge in [0.25, 0.3) is 5.91 Å². The van der Waals surface area contributed by atoms with Gasteiger partial charge in [-0.25, -0.2) is 14.4 Å². The summed E-state index contributed by atoms with van der Waals surface area (Å²) < 4.78 is 20.7. The third-order valence-electron chi connectivity index (χ3n) is 3.31. The van der Waals surface area contributed by atoms with Crippen molar-refractivity contribution in [1.82, 2.24) is 19.7 Å². The summed E-state index contributed by atoms with van der Waals surface area (Å²) in [6.07, 6.45) is 4.31. The Balaban J connectivity index is 1.73. The smallest absolute Gasteiger partial charge is 0.277 e. The zero-order valence-corrected chi connectivity index (χ0v) is 14.7. The zero-order valence-electron chi connectivity index (χ0n) is 13.1. The highest BCUT2D eigenvalue weighted by molar-refractivity contribution is 9.10. The van der Waals surface area contributed by atoms with Gasteiger partial charge in [-0.1, -0.05) is 18.2 Å². The fraction of sp³-hybridized carbons (Fsp3) is 0.125. The van der Waals surface area contributed by atoms with Crippen molar-refractivity contribution in [2.45, 2.75) is 6.54 Å². The van der Waals surface area contributed by atoms with Crippen molar-refractivity contribution in [3.05, 3.63) is 64.4 Å². The van der Waals surface area contributed by atoms with Crippen LogP contribution in [0.2, 0.25) is 0 Å². The number of rotatable bonds is 5. The van der Waals surface area contributed by atoms with E-state index in [1.807, 2.05) is 0 Å². The van der Waals surface area contributed by atoms with Gasteiger partial charge in [0.2, 0.25) is 5.88 Å². The lowest BCUT2D eigenvalue weighted by atomic mass is 10.2. The van der Waals surface area contributed by atoms with Gasteiger partial charge in [0.05, 0.1) is 30.5 Å². The van der Waals surface area contributed by atoms with E-state index in [9.17, 15) is 9.18 Å². The van der Waals surface area contributed by atoms with E-state index in [2.05, 4.69) is 36.3 Å². The normalized spacial score (nSPS) is 10.5. The number of hydrogen-bond donors (Lipinski definition) is 1. The van der Waals surface area contributed by atoms with Gasteiger partial charge in [0.15, 0.2) is 5.82 Å². The first-order valence-corrected chi connectivity index (χ1v) is 8.00. The quantitative estimate of drug-likeness (QED) is 0.705. The number of halogens is 2. The Morgan fingerprint density at radius 1 is 1.32 bits per heavy atom. The third-order valence-corrected chi connectivity index (χ3v) is 3.89. The highest BCUT2D eigenvalue weighted by Crippen LogP contribution is 2.21. The maximum Gasteiger partial charge on any atom is 0.277 e. The molecule has 0 fully saturated rings. The first kappa shape index (κ1) is 17.0. The predicted molar refractivity (Wildman–Crippen MR) is 92.0 cm³/mol. The molecule has 9 heteroatoms. The van der Waals surface area contributed by atoms with Crippen LogP contribution in [0, 0.1) is 5.82 Å². The summed E-state index contributed by atoms with van der Waals surface area (Å²) in [5.41, 5.74) is 0.618. The molecule has 0 radical (unpaired) electrons. The van der Waals surface area contributed by atoms with Crippen LogP contribution < -0.4 is 10.1 Å². The first-order chi connectivity index (χ1) is 12.1. The molecule has 0 spiro atoms. The molecule has 2 heterocycles. The molecule has 0 saturated carbocycles. The van der Waals surface area contributed by atoms with Crippen molar-refractivity contribution < 1.29 is 13.9 Å². The molecule has 0 atom stereocenters. The van der Waals surface area contributed by atoms with Crippen LogP contribution in [-0.4, -0.2) is 32.8 Å². The summed E-state index contributed by atoms with van der Waals surface area (Å²) in [7, 11) is 1.46. The fourth-order valence-corrected chi connectivity index (χ4v) is 2.49. The number of anilines is 1. The summed E-state index contributed by atoms with van der Waals surface area (Å²) in [6.45, 7) is 0.240. The molecule has 3 aromatic rings. The molecule has 7 nitrogen and oxygen atoms in total. The second kappa shape index (κ2) is 7.39. The van der Waals surface area contributed by atoms with E-state index in [0.29, 0.717) is 21.7 Å². The molecule has 0 bridgehead atoms. The topological polar surface area (TPSA) is 81.9 Å². The van der Waals surface area contributed by atoms with Crippen molar-refractivity contribution >= 4 is 27.7 Å². The summed E-state index contributed by atoms with van der Waals surface area (Å²) >= 11 is 3.33. The number of carbonyl (C=O) groups excluding carboxylic acids is 1. The Kier molecular flexibility index (Phi) is 5.03. The van der Waals surface area contributed by atoms with E-state index in [4.69, 9.17) is 4.74 Å². The Morgan fingerprint density at radius 2 is 2.12 bits per heavy atom. The summed E-state index contributed by atoms with van der Waals surface area (Å²) in [5.74, 6) is -0.161. The molecule has 1 aromatic carbocycles. The minimum atomic E-state index is -0.466. The lowest BCUT2D eigenvalue weighted by Gasteiger charge is -2.04. The van der Waals surface area contributed by atoms with E-state index in [-0.39, 0.29) is 18.1 Å². The van der Waals surface area contributed by atoms with Crippen LogP contribution in [0.1, 0.15) is 16.1 Å². The lowest BCUT2D eigenvalue weighted by molar-refractivity contribution is 0.102. The maximum absolute atomic E-state index is 13.7. The molecule has 128 valence electrons. The standard InChI is InChI=1S/C16H13BrFN5O2/c1-25-14-7-19-13(6-20-14)16(24)21-15-11(17)9-23(22-15)8-10-4-2-3-5-12(10)18/h2-7,9H,8H2,1H3,(H,21,22,24). The maximum atomic E-state index is 13.7. The number of nitrogens with zero attached hydrogens (tertiary/aromatic N) is 4. The largest absolute Gasteiger partial charge is 0.480 e. The molecular formula is C16H13BrFN5O2. The van der Waals surface area contributed by atoms with Gasteiger partial charge in [0.1, 0.15) is 11.5 Å². The summed E-state index contributed by atoms with van der Waals surface area (Å²) in [5, 5.41) is 6.87. The van der Waals surface area contributed by atoms with Gasteiger partial charge in [-0.3, -0.25) is 9.48 Å². The van der Waals surface area contributed by atoms with E-state index < -0.39 is 5.91 Å². The van der Waals surface area contributed by atoms with Crippen molar-refractivity contribution in [2.75, 3.05) is 12.4 Å². The summed E-state index contributed by atoms with van der Waals surface area (Å²) in [4.78, 5) is 20.1. The molecule has 0 saturated heterocycles. The zero-order chi connectivity index (χ0) is 17.8. The predicted octanol–water partition coefficient (Wildman–Crippen LogP) is 2.88. The number of ether oxygens (including phenoxy) is 1. The van der Waals surface area contributed by atoms with Crippen molar-refractivity contribution in [3.8, 4) is 5.88 Å². The third kappa shape index (κ3) is 4.00. The average Bonchev–Trinajstić information content (AvgIpc) is 2.96. The van der Waals surface area contributed by atoms with Crippen molar-refractivity contribution in [3.63, 3.8) is 0 Å². The number of methoxy groups -OCH3 is 1. The minimum Gasteiger partial charge on any atom is -0.480 e. The molecular weight excluding hydrogens is 393 g/mol. The Labute approximate surface area is 151 Å². The van der Waals surface area contributed by atoms with Crippen LogP contribution in [0.4, 0.5) is 10.2 Å². The highest BCUT2D eigenvalue weighted by atomic mass is 79.9. The monoisotopic (exact) mass is 405 g/mol. The number of benzene rings is 1. The fourth-order valence-electron chi connectivity index (χ4n) is 2.07. The van der Waals surface area contributed by atoms with Crippen LogP contribution in [0.3, 0.4) is 0 Å². The second-order valence-corrected chi connectivity index (χ2v) is 5.87. The van der Waals surface area contributed by atoms with E-state index >= 15 is 0 Å². The van der Waals surface area contributed by atoms with Gasteiger partial charge < -0.3 is 10.1 Å². The van der Waals surface area contributed by atoms with Crippen molar-refractivity contribution in [2.24, 2.45) is 0 Å². The van der Waals surface area contributed by atoms with Crippen LogP contribution in [-0.2, 0) is 6.54 Å². The molecule has 0 aliphatic heterocycles. The minimum absolute atomic E-state index is 0.122. The second-order valence-electron chi connectivity index (χ2n) is 5.01. The lowest BCUT2D eigenvalue weighted by Crippen LogP contribution is -2.15. The highest BCUT2D eigenvalue weighted by Gasteiger charge is 2.14. The van der Waals surface area contributed by atoms with E-state index in [1.54, 1.807) is 24.4 Å². The van der Waals surface area contributed by atoms with Gasteiger partial charge >= 0.3 is 0 Å². The Hall–Kier alpha value is -2.81. The number of amides is 1. The van der Waals surface area contributed by atoms with Crippen LogP contribution >= 0.6 is 15.9 Å². The van der Waals surface area contributed by atoms with Gasteiger partial charge in [0, 0.05) is 11.8 Å². The molecule has 0 aliphatic carbocycles. The molecule has 3 rings (SSSR count). The van der Waals surface area contributed by atoms with Crippen LogP contribution in [0.25, 0.3) is 0 Å². The van der Waals surface area contributed by atoms with Gasteiger partial charge in [-0.15, -0.1) is 0 Å². The van der Waals surface area contributed by atoms with Gasteiger partial charge in [-0.05, 0) is 22.0 Å². The molecule has 0 aliphatic rings. The number of carbonyl (C=O) groups is 1. The number of hydrogen-bond acceptors (Lipinski definition) is 5. The van der Waals surface area contributed by atoms with E-state index in [1.165, 1.54) is 30.3 Å². The van der Waals surface area contributed by atoms with Crippen molar-refractivity contribution in [1.29, 1.82) is 0 Å². The molecule has 1 N–H and O–H groups in total. The average molecular weight is 406 g/mol. The van der Waals surface area contributed by atoms with E-state index in [0.717, 1.165) is 0 Å². The molecule has 1 amide bonds. The molecule has 0 unspecified atom stereocenters. The van der Waals surface area contributed by atoms with Crippen LogP contribution in [0.15, 0.2) is 47.3 Å². The van der Waals surface area contributed by atoms with Gasteiger partial charge in [-0.2, -0.15) is 5.10 Å². The summed E-state index contributed by atoms with van der Waals surface area (Å²) in [6, 6.07) is 6.44.